The third-order valence-corrected chi connectivity index (χ3v) is 4.12. The molecule has 2 nitrogen and oxygen atoms in total. The number of aryl methyl sites for hydroxylation is 2. The predicted molar refractivity (Wildman–Crippen MR) is 80.8 cm³/mol. The van der Waals surface area contributed by atoms with Crippen LogP contribution in [0.3, 0.4) is 0 Å². The van der Waals surface area contributed by atoms with Crippen LogP contribution in [0.25, 0.3) is 21.8 Å². The molecule has 1 heterocycles. The average molecular weight is 274 g/mol. The highest BCUT2D eigenvalue weighted by Crippen LogP contribution is 2.33. The molecule has 98 valence electrons. The number of rotatable bonds is 2. The van der Waals surface area contributed by atoms with Crippen molar-refractivity contribution < 1.29 is 5.11 Å². The fraction of sp³-hybridized carbons (Fsp3) is 0.250. The van der Waals surface area contributed by atoms with Crippen molar-refractivity contribution >= 4 is 33.4 Å². The summed E-state index contributed by atoms with van der Waals surface area (Å²) in [5, 5.41) is 12.5. The van der Waals surface area contributed by atoms with Crippen LogP contribution in [0.5, 0.6) is 0 Å². The van der Waals surface area contributed by atoms with Crippen LogP contribution in [0.2, 0.25) is 5.02 Å². The number of hydrogen-bond donors (Lipinski definition) is 1. The van der Waals surface area contributed by atoms with Crippen LogP contribution >= 0.6 is 11.6 Å². The molecule has 0 bridgehead atoms. The first-order chi connectivity index (χ1) is 9.15. The van der Waals surface area contributed by atoms with Gasteiger partial charge in [-0.15, -0.1) is 0 Å². The van der Waals surface area contributed by atoms with Gasteiger partial charge in [-0.1, -0.05) is 17.7 Å². The first-order valence-corrected chi connectivity index (χ1v) is 6.85. The summed E-state index contributed by atoms with van der Waals surface area (Å²) in [6.45, 7) is 5.12. The standard InChI is InChI=1S/C16H16ClNO/c1-3-18-15-5-4-11(9-19)7-13(15)12-6-10(2)14(17)8-16(12)18/h4-8,19H,3,9H2,1-2H3. The first kappa shape index (κ1) is 12.5. The van der Waals surface area contributed by atoms with Crippen LogP contribution in [-0.4, -0.2) is 9.67 Å². The minimum Gasteiger partial charge on any atom is -0.392 e. The van der Waals surface area contributed by atoms with Crippen molar-refractivity contribution in [3.63, 3.8) is 0 Å². The van der Waals surface area contributed by atoms with Gasteiger partial charge in [0.2, 0.25) is 0 Å². The highest BCUT2D eigenvalue weighted by atomic mass is 35.5. The third kappa shape index (κ3) is 1.83. The van der Waals surface area contributed by atoms with Crippen molar-refractivity contribution in [2.45, 2.75) is 27.0 Å². The number of hydrogen-bond acceptors (Lipinski definition) is 1. The number of aromatic nitrogens is 1. The number of benzene rings is 2. The minimum atomic E-state index is 0.0707. The number of aliphatic hydroxyl groups excluding tert-OH is 1. The summed E-state index contributed by atoms with van der Waals surface area (Å²) in [7, 11) is 0. The van der Waals surface area contributed by atoms with Crippen LogP contribution in [-0.2, 0) is 13.2 Å². The molecule has 1 aromatic heterocycles. The van der Waals surface area contributed by atoms with E-state index in [1.807, 2.05) is 19.1 Å². The van der Waals surface area contributed by atoms with E-state index in [9.17, 15) is 5.11 Å². The fourth-order valence-corrected chi connectivity index (χ4v) is 2.87. The van der Waals surface area contributed by atoms with Crippen LogP contribution < -0.4 is 0 Å². The third-order valence-electron chi connectivity index (χ3n) is 3.71. The Balaban J connectivity index is 2.50. The molecule has 19 heavy (non-hydrogen) atoms. The van der Waals surface area contributed by atoms with Crippen LogP contribution in [0, 0.1) is 6.92 Å². The van der Waals surface area contributed by atoms with Crippen LogP contribution in [0.4, 0.5) is 0 Å². The molecule has 0 saturated carbocycles. The number of fused-ring (bicyclic) bond motifs is 3. The van der Waals surface area contributed by atoms with E-state index in [2.05, 4.69) is 29.7 Å². The van der Waals surface area contributed by atoms with Crippen molar-refractivity contribution in [1.82, 2.24) is 4.57 Å². The highest BCUT2D eigenvalue weighted by Gasteiger charge is 2.11. The molecule has 0 atom stereocenters. The molecule has 0 amide bonds. The summed E-state index contributed by atoms with van der Waals surface area (Å²) >= 11 is 6.25. The Kier molecular flexibility index (Phi) is 3.00. The van der Waals surface area contributed by atoms with Crippen molar-refractivity contribution in [3.05, 3.63) is 46.5 Å². The van der Waals surface area contributed by atoms with Gasteiger partial charge in [0.1, 0.15) is 0 Å². The molecule has 3 aromatic rings. The van der Waals surface area contributed by atoms with Crippen molar-refractivity contribution in [2.75, 3.05) is 0 Å². The SMILES string of the molecule is CCn1c2ccc(CO)cc2c2cc(C)c(Cl)cc21. The summed E-state index contributed by atoms with van der Waals surface area (Å²) in [5.74, 6) is 0. The van der Waals surface area contributed by atoms with Crippen LogP contribution in [0.1, 0.15) is 18.1 Å². The second-order valence-corrected chi connectivity index (χ2v) is 5.28. The maximum Gasteiger partial charge on any atom is 0.0682 e. The predicted octanol–water partition coefficient (Wildman–Crippen LogP) is 4.27. The van der Waals surface area contributed by atoms with Gasteiger partial charge in [-0.3, -0.25) is 0 Å². The van der Waals surface area contributed by atoms with Gasteiger partial charge >= 0.3 is 0 Å². The van der Waals surface area contributed by atoms with Gasteiger partial charge in [-0.25, -0.2) is 0 Å². The van der Waals surface area contributed by atoms with E-state index in [1.54, 1.807) is 0 Å². The van der Waals surface area contributed by atoms with E-state index in [4.69, 9.17) is 11.6 Å². The second-order valence-electron chi connectivity index (χ2n) is 4.87. The summed E-state index contributed by atoms with van der Waals surface area (Å²) < 4.78 is 2.26. The van der Waals surface area contributed by atoms with Gasteiger partial charge < -0.3 is 9.67 Å². The van der Waals surface area contributed by atoms with Crippen molar-refractivity contribution in [2.24, 2.45) is 0 Å². The largest absolute Gasteiger partial charge is 0.392 e. The zero-order chi connectivity index (χ0) is 13.6. The Hall–Kier alpha value is -1.51. The molecule has 0 aliphatic carbocycles. The van der Waals surface area contributed by atoms with Crippen molar-refractivity contribution in [3.8, 4) is 0 Å². The van der Waals surface area contributed by atoms with E-state index in [-0.39, 0.29) is 6.61 Å². The van der Waals surface area contributed by atoms with Gasteiger partial charge in [0.15, 0.2) is 0 Å². The number of halogens is 1. The lowest BCUT2D eigenvalue weighted by atomic mass is 10.1. The Bertz CT molecular complexity index is 773. The van der Waals surface area contributed by atoms with Crippen LogP contribution in [0.15, 0.2) is 30.3 Å². The molecule has 0 fully saturated rings. The van der Waals surface area contributed by atoms with Gasteiger partial charge in [-0.05, 0) is 49.2 Å². The molecule has 1 N–H and O–H groups in total. The molecule has 0 spiro atoms. The smallest absolute Gasteiger partial charge is 0.0682 e. The lowest BCUT2D eigenvalue weighted by molar-refractivity contribution is 0.282. The molecular weight excluding hydrogens is 258 g/mol. The maximum atomic E-state index is 9.30. The van der Waals surface area contributed by atoms with E-state index in [1.165, 1.54) is 16.3 Å². The lowest BCUT2D eigenvalue weighted by Crippen LogP contribution is -1.93. The Morgan fingerprint density at radius 3 is 2.53 bits per heavy atom. The molecule has 0 unspecified atom stereocenters. The Morgan fingerprint density at radius 2 is 1.84 bits per heavy atom. The molecule has 0 radical (unpaired) electrons. The first-order valence-electron chi connectivity index (χ1n) is 6.47. The zero-order valence-electron chi connectivity index (χ0n) is 11.1. The van der Waals surface area contributed by atoms with Gasteiger partial charge in [0.25, 0.3) is 0 Å². The van der Waals surface area contributed by atoms with E-state index < -0.39 is 0 Å². The Labute approximate surface area is 117 Å². The van der Waals surface area contributed by atoms with Gasteiger partial charge in [0.05, 0.1) is 12.1 Å². The molecule has 3 heteroatoms. The summed E-state index contributed by atoms with van der Waals surface area (Å²) in [6.07, 6.45) is 0. The fourth-order valence-electron chi connectivity index (χ4n) is 2.71. The molecule has 0 aliphatic heterocycles. The summed E-state index contributed by atoms with van der Waals surface area (Å²) in [5.41, 5.74) is 4.37. The Morgan fingerprint density at radius 1 is 1.11 bits per heavy atom. The quantitative estimate of drug-likeness (QED) is 0.741. The molecule has 2 aromatic carbocycles. The van der Waals surface area contributed by atoms with E-state index >= 15 is 0 Å². The van der Waals surface area contributed by atoms with Crippen molar-refractivity contribution in [1.29, 1.82) is 0 Å². The monoisotopic (exact) mass is 273 g/mol. The lowest BCUT2D eigenvalue weighted by Gasteiger charge is -2.04. The second kappa shape index (κ2) is 4.55. The maximum absolute atomic E-state index is 9.30. The van der Waals surface area contributed by atoms with E-state index in [0.717, 1.165) is 28.2 Å². The van der Waals surface area contributed by atoms with Gasteiger partial charge in [-0.2, -0.15) is 0 Å². The van der Waals surface area contributed by atoms with Gasteiger partial charge in [0, 0.05) is 27.9 Å². The highest BCUT2D eigenvalue weighted by molar-refractivity contribution is 6.32. The average Bonchev–Trinajstić information content (AvgIpc) is 2.71. The molecule has 3 rings (SSSR count). The summed E-state index contributed by atoms with van der Waals surface area (Å²) in [6, 6.07) is 10.3. The zero-order valence-corrected chi connectivity index (χ0v) is 11.8. The number of nitrogens with zero attached hydrogens (tertiary/aromatic N) is 1. The topological polar surface area (TPSA) is 25.2 Å². The number of aliphatic hydroxyl groups is 1. The molecule has 0 aliphatic rings. The van der Waals surface area contributed by atoms with E-state index in [0.29, 0.717) is 0 Å². The summed E-state index contributed by atoms with van der Waals surface area (Å²) in [4.78, 5) is 0. The normalized spacial score (nSPS) is 11.6. The molecular formula is C16H16ClNO. The minimum absolute atomic E-state index is 0.0707. The molecule has 0 saturated heterocycles.